The Balaban J connectivity index is 1.51. The van der Waals surface area contributed by atoms with Gasteiger partial charge in [-0.05, 0) is 43.2 Å². The molecule has 2 aromatic carbocycles. The van der Waals surface area contributed by atoms with Gasteiger partial charge in [0.2, 0.25) is 5.76 Å². The molecule has 5 rings (SSSR count). The van der Waals surface area contributed by atoms with Gasteiger partial charge < -0.3 is 18.8 Å². The summed E-state index contributed by atoms with van der Waals surface area (Å²) in [4.78, 5) is 31.4. The number of hydrogen-bond acceptors (Lipinski definition) is 6. The van der Waals surface area contributed by atoms with E-state index in [4.69, 9.17) is 13.9 Å². The number of carbonyl (C=O) groups is 1. The number of hydrogen-bond donors (Lipinski definition) is 0. The van der Waals surface area contributed by atoms with Gasteiger partial charge in [-0.1, -0.05) is 36.4 Å². The van der Waals surface area contributed by atoms with E-state index in [0.29, 0.717) is 35.4 Å². The average Bonchev–Trinajstić information content (AvgIpc) is 3.16. The number of amides is 1. The number of fused-ring (bicyclic) bond motifs is 2. The molecule has 0 N–H and O–H groups in total. The SMILES string of the molecule is C=CCOc1ccc([C@H]2c3c(oc4ccc(C)cc4c3=O)C(=O)N2CCCN2CCOCC2)cc1. The summed E-state index contributed by atoms with van der Waals surface area (Å²) in [6.45, 7) is 10.7. The van der Waals surface area contributed by atoms with Crippen molar-refractivity contribution < 1.29 is 18.7 Å². The van der Waals surface area contributed by atoms with E-state index in [0.717, 1.165) is 50.4 Å². The van der Waals surface area contributed by atoms with Crippen molar-refractivity contribution in [1.29, 1.82) is 0 Å². The molecule has 0 radical (unpaired) electrons. The van der Waals surface area contributed by atoms with Crippen LogP contribution in [0.25, 0.3) is 11.0 Å². The van der Waals surface area contributed by atoms with E-state index in [1.54, 1.807) is 17.0 Å². The molecule has 3 aromatic rings. The Labute approximate surface area is 204 Å². The smallest absolute Gasteiger partial charge is 0.290 e. The van der Waals surface area contributed by atoms with Gasteiger partial charge in [0, 0.05) is 26.2 Å². The van der Waals surface area contributed by atoms with Crippen LogP contribution in [0.4, 0.5) is 0 Å². The summed E-state index contributed by atoms with van der Waals surface area (Å²) in [6, 6.07) is 12.5. The maximum Gasteiger partial charge on any atom is 0.290 e. The van der Waals surface area contributed by atoms with Crippen LogP contribution in [-0.4, -0.2) is 61.7 Å². The zero-order valence-corrected chi connectivity index (χ0v) is 20.0. The molecule has 1 fully saturated rings. The summed E-state index contributed by atoms with van der Waals surface area (Å²) in [5.74, 6) is 0.617. The predicted molar refractivity (Wildman–Crippen MR) is 134 cm³/mol. The number of carbonyl (C=O) groups excluding carboxylic acids is 1. The molecule has 0 saturated carbocycles. The zero-order chi connectivity index (χ0) is 24.4. The van der Waals surface area contributed by atoms with Crippen molar-refractivity contribution in [2.75, 3.05) is 46.0 Å². The summed E-state index contributed by atoms with van der Waals surface area (Å²) >= 11 is 0. The molecule has 2 aliphatic rings. The highest BCUT2D eigenvalue weighted by Gasteiger charge is 2.42. The van der Waals surface area contributed by atoms with Crippen LogP contribution in [0.3, 0.4) is 0 Å². The van der Waals surface area contributed by atoms with Gasteiger partial charge >= 0.3 is 0 Å². The lowest BCUT2D eigenvalue weighted by Gasteiger charge is -2.29. The Bertz CT molecular complexity index is 1290. The first-order chi connectivity index (χ1) is 17.1. The number of morpholine rings is 1. The molecular weight excluding hydrogens is 444 g/mol. The van der Waals surface area contributed by atoms with Crippen molar-refractivity contribution in [3.63, 3.8) is 0 Å². The van der Waals surface area contributed by atoms with E-state index >= 15 is 0 Å². The van der Waals surface area contributed by atoms with Crippen LogP contribution >= 0.6 is 0 Å². The number of aryl methyl sites for hydroxylation is 1. The molecule has 7 nitrogen and oxygen atoms in total. The van der Waals surface area contributed by atoms with Gasteiger partial charge in [-0.15, -0.1) is 0 Å². The molecule has 35 heavy (non-hydrogen) atoms. The van der Waals surface area contributed by atoms with E-state index in [-0.39, 0.29) is 17.1 Å². The van der Waals surface area contributed by atoms with Gasteiger partial charge in [0.1, 0.15) is 17.9 Å². The van der Waals surface area contributed by atoms with Gasteiger partial charge in [-0.3, -0.25) is 14.5 Å². The molecule has 182 valence electrons. The lowest BCUT2D eigenvalue weighted by molar-refractivity contribution is 0.0353. The maximum atomic E-state index is 13.7. The normalized spacial score (nSPS) is 18.1. The van der Waals surface area contributed by atoms with Crippen molar-refractivity contribution in [2.45, 2.75) is 19.4 Å². The number of ether oxygens (including phenoxy) is 2. The Morgan fingerprint density at radius 3 is 2.60 bits per heavy atom. The van der Waals surface area contributed by atoms with Gasteiger partial charge in [-0.2, -0.15) is 0 Å². The topological polar surface area (TPSA) is 72.2 Å². The molecule has 1 amide bonds. The van der Waals surface area contributed by atoms with Gasteiger partial charge in [0.05, 0.1) is 30.2 Å². The van der Waals surface area contributed by atoms with E-state index in [1.165, 1.54) is 0 Å². The molecule has 0 bridgehead atoms. The highest BCUT2D eigenvalue weighted by molar-refractivity contribution is 5.99. The van der Waals surface area contributed by atoms with E-state index in [2.05, 4.69) is 11.5 Å². The first-order valence-electron chi connectivity index (χ1n) is 12.1. The largest absolute Gasteiger partial charge is 0.490 e. The summed E-state index contributed by atoms with van der Waals surface area (Å²) in [7, 11) is 0. The van der Waals surface area contributed by atoms with E-state index < -0.39 is 6.04 Å². The standard InChI is InChI=1S/C28H30N2O5/c1-3-15-34-21-8-6-20(7-9-21)25-24-26(31)22-18-19(2)5-10-23(22)35-27(24)28(32)30(25)12-4-11-29-13-16-33-17-14-29/h3,5-10,18,25H,1,4,11-17H2,2H3/t25-/m0/s1. The van der Waals surface area contributed by atoms with E-state index in [1.807, 2.05) is 43.3 Å². The van der Waals surface area contributed by atoms with Crippen LogP contribution in [0.5, 0.6) is 5.75 Å². The third-order valence-electron chi connectivity index (χ3n) is 6.66. The summed E-state index contributed by atoms with van der Waals surface area (Å²) < 4.78 is 17.1. The monoisotopic (exact) mass is 474 g/mol. The molecule has 3 heterocycles. The average molecular weight is 475 g/mol. The van der Waals surface area contributed by atoms with Crippen LogP contribution in [-0.2, 0) is 4.74 Å². The lowest BCUT2D eigenvalue weighted by atomic mass is 9.98. The third-order valence-corrected chi connectivity index (χ3v) is 6.66. The third kappa shape index (κ3) is 4.61. The second kappa shape index (κ2) is 10.1. The first kappa shape index (κ1) is 23.3. The molecule has 1 atom stereocenters. The maximum absolute atomic E-state index is 13.7. The molecule has 0 spiro atoms. The van der Waals surface area contributed by atoms with Crippen molar-refractivity contribution in [3.8, 4) is 5.75 Å². The van der Waals surface area contributed by atoms with Gasteiger partial charge in [0.15, 0.2) is 5.43 Å². The fraction of sp³-hybridized carbons (Fsp3) is 0.357. The van der Waals surface area contributed by atoms with Crippen LogP contribution < -0.4 is 10.2 Å². The minimum Gasteiger partial charge on any atom is -0.490 e. The summed E-state index contributed by atoms with van der Waals surface area (Å²) in [6.07, 6.45) is 2.48. The molecular formula is C28H30N2O5. The zero-order valence-electron chi connectivity index (χ0n) is 20.0. The highest BCUT2D eigenvalue weighted by Crippen LogP contribution is 2.38. The Hall–Kier alpha value is -3.42. The van der Waals surface area contributed by atoms with Crippen LogP contribution in [0.15, 0.2) is 64.3 Å². The number of benzene rings is 2. The van der Waals surface area contributed by atoms with E-state index in [9.17, 15) is 9.59 Å². The van der Waals surface area contributed by atoms with Crippen LogP contribution in [0.1, 0.15) is 39.7 Å². The minimum absolute atomic E-state index is 0.147. The molecule has 0 aliphatic carbocycles. The van der Waals surface area contributed by atoms with Crippen LogP contribution in [0.2, 0.25) is 0 Å². The Kier molecular flexibility index (Phi) is 6.70. The summed E-state index contributed by atoms with van der Waals surface area (Å²) in [5, 5.41) is 0.502. The Morgan fingerprint density at radius 1 is 1.09 bits per heavy atom. The second-order valence-corrected chi connectivity index (χ2v) is 9.05. The molecule has 0 unspecified atom stereocenters. The highest BCUT2D eigenvalue weighted by atomic mass is 16.5. The fourth-order valence-electron chi connectivity index (χ4n) is 4.90. The van der Waals surface area contributed by atoms with Crippen molar-refractivity contribution >= 4 is 16.9 Å². The molecule has 2 aliphatic heterocycles. The molecule has 1 aromatic heterocycles. The Morgan fingerprint density at radius 2 is 1.86 bits per heavy atom. The molecule has 1 saturated heterocycles. The molecule has 7 heteroatoms. The van der Waals surface area contributed by atoms with Gasteiger partial charge in [-0.25, -0.2) is 0 Å². The van der Waals surface area contributed by atoms with Gasteiger partial charge in [0.25, 0.3) is 5.91 Å². The lowest BCUT2D eigenvalue weighted by Crippen LogP contribution is -2.38. The van der Waals surface area contributed by atoms with Crippen molar-refractivity contribution in [3.05, 3.63) is 87.8 Å². The second-order valence-electron chi connectivity index (χ2n) is 9.05. The number of nitrogens with zero attached hydrogens (tertiary/aromatic N) is 2. The predicted octanol–water partition coefficient (Wildman–Crippen LogP) is 3.93. The number of rotatable bonds is 8. The first-order valence-corrected chi connectivity index (χ1v) is 12.1. The summed E-state index contributed by atoms with van der Waals surface area (Å²) in [5.41, 5.74) is 2.53. The fourth-order valence-corrected chi connectivity index (χ4v) is 4.90. The van der Waals surface area contributed by atoms with Crippen molar-refractivity contribution in [2.24, 2.45) is 0 Å². The quantitative estimate of drug-likeness (QED) is 0.461. The van der Waals surface area contributed by atoms with Crippen molar-refractivity contribution in [1.82, 2.24) is 9.80 Å². The van der Waals surface area contributed by atoms with Crippen LogP contribution in [0, 0.1) is 6.92 Å². The minimum atomic E-state index is -0.503.